The van der Waals surface area contributed by atoms with E-state index in [2.05, 4.69) is 10.4 Å². The molecule has 0 radical (unpaired) electrons. The van der Waals surface area contributed by atoms with Crippen molar-refractivity contribution < 1.29 is 22.4 Å². The Labute approximate surface area is 169 Å². The van der Waals surface area contributed by atoms with Gasteiger partial charge in [0.1, 0.15) is 0 Å². The predicted molar refractivity (Wildman–Crippen MR) is 101 cm³/mol. The molecule has 1 atom stereocenters. The molecule has 10 heteroatoms. The maximum atomic E-state index is 12.9. The first-order chi connectivity index (χ1) is 13.7. The number of amides is 1. The van der Waals surface area contributed by atoms with Crippen molar-refractivity contribution in [2.75, 3.05) is 6.54 Å². The van der Waals surface area contributed by atoms with Gasteiger partial charge in [0, 0.05) is 31.9 Å². The number of aryl methyl sites for hydroxylation is 1. The van der Waals surface area contributed by atoms with Crippen molar-refractivity contribution in [1.29, 1.82) is 0 Å². The summed E-state index contributed by atoms with van der Waals surface area (Å²) in [6.45, 7) is 0.0328. The van der Waals surface area contributed by atoms with Crippen LogP contribution in [0.3, 0.4) is 0 Å². The van der Waals surface area contributed by atoms with Crippen LogP contribution in [-0.2, 0) is 19.6 Å². The van der Waals surface area contributed by atoms with Crippen molar-refractivity contribution in [2.45, 2.75) is 18.6 Å². The number of halogens is 4. The predicted octanol–water partition coefficient (Wildman–Crippen LogP) is 3.65. The second kappa shape index (κ2) is 8.30. The molecule has 0 aliphatic carbocycles. The van der Waals surface area contributed by atoms with Crippen LogP contribution in [0.25, 0.3) is 11.3 Å². The number of hydrogen-bond acceptors (Lipinski definition) is 4. The zero-order valence-corrected chi connectivity index (χ0v) is 16.1. The first-order valence-electron chi connectivity index (χ1n) is 8.64. The minimum Gasteiger partial charge on any atom is -0.439 e. The Morgan fingerprint density at radius 1 is 1.34 bits per heavy atom. The lowest BCUT2D eigenvalue weighted by Gasteiger charge is -2.17. The molecule has 3 aromatic rings. The summed E-state index contributed by atoms with van der Waals surface area (Å²) in [4.78, 5) is 12.5. The zero-order valence-electron chi connectivity index (χ0n) is 15.3. The number of aromatic nitrogens is 2. The number of furan rings is 1. The summed E-state index contributed by atoms with van der Waals surface area (Å²) in [5.41, 5.74) is 6.51. The van der Waals surface area contributed by atoms with Crippen molar-refractivity contribution in [2.24, 2.45) is 12.8 Å². The molecular formula is C19H18ClF3N4O2. The van der Waals surface area contributed by atoms with Gasteiger partial charge in [-0.3, -0.25) is 9.48 Å². The Balaban J connectivity index is 1.73. The minimum atomic E-state index is -4.44. The van der Waals surface area contributed by atoms with Gasteiger partial charge < -0.3 is 15.5 Å². The fourth-order valence-corrected chi connectivity index (χ4v) is 3.14. The standard InChI is InChI=1S/C19H18ClF3N4O2/c1-27-15(5-6-25-27)14-9-16(29-17(14)20)18(28)26-13(10-24)8-11-3-2-4-12(7-11)19(21,22)23/h2-7,9,13H,8,10,24H2,1H3,(H,26,28)/t13-/m0/s1. The number of rotatable bonds is 6. The SMILES string of the molecule is Cn1nccc1-c1cc(C(=O)N[C@H](CN)Cc2cccc(C(F)(F)F)c2)oc1Cl. The lowest BCUT2D eigenvalue weighted by Crippen LogP contribution is -2.41. The summed E-state index contributed by atoms with van der Waals surface area (Å²) in [7, 11) is 1.72. The Morgan fingerprint density at radius 2 is 2.10 bits per heavy atom. The molecule has 0 fully saturated rings. The van der Waals surface area contributed by atoms with Crippen LogP contribution in [0.4, 0.5) is 13.2 Å². The number of nitrogens with zero attached hydrogens (tertiary/aromatic N) is 2. The number of alkyl halides is 3. The molecule has 3 N–H and O–H groups in total. The molecule has 0 bridgehead atoms. The Morgan fingerprint density at radius 3 is 2.72 bits per heavy atom. The maximum Gasteiger partial charge on any atom is 0.416 e. The fourth-order valence-electron chi connectivity index (χ4n) is 2.90. The Hall–Kier alpha value is -2.78. The van der Waals surface area contributed by atoms with Gasteiger partial charge in [-0.15, -0.1) is 0 Å². The number of carbonyl (C=O) groups excluding carboxylic acids is 1. The summed E-state index contributed by atoms with van der Waals surface area (Å²) in [6.07, 6.45) is -2.72. The van der Waals surface area contributed by atoms with Crippen LogP contribution in [0.5, 0.6) is 0 Å². The van der Waals surface area contributed by atoms with E-state index in [0.29, 0.717) is 16.8 Å². The lowest BCUT2D eigenvalue weighted by molar-refractivity contribution is -0.137. The molecule has 2 aromatic heterocycles. The smallest absolute Gasteiger partial charge is 0.416 e. The van der Waals surface area contributed by atoms with E-state index in [9.17, 15) is 18.0 Å². The van der Waals surface area contributed by atoms with E-state index >= 15 is 0 Å². The molecule has 0 spiro atoms. The molecular weight excluding hydrogens is 409 g/mol. The molecule has 1 aromatic carbocycles. The molecule has 0 saturated carbocycles. The van der Waals surface area contributed by atoms with E-state index in [0.717, 1.165) is 12.1 Å². The monoisotopic (exact) mass is 426 g/mol. The summed E-state index contributed by atoms with van der Waals surface area (Å²) in [5, 5.41) is 6.74. The van der Waals surface area contributed by atoms with Crippen LogP contribution in [-0.4, -0.2) is 28.3 Å². The van der Waals surface area contributed by atoms with E-state index in [1.165, 1.54) is 12.1 Å². The van der Waals surface area contributed by atoms with Crippen LogP contribution >= 0.6 is 11.6 Å². The molecule has 0 aliphatic rings. The van der Waals surface area contributed by atoms with Crippen LogP contribution in [0, 0.1) is 0 Å². The molecule has 0 aliphatic heterocycles. The summed E-state index contributed by atoms with van der Waals surface area (Å²) in [6, 6.07) is 7.51. The Kier molecular flexibility index (Phi) is 5.99. The quantitative estimate of drug-likeness (QED) is 0.630. The normalized spacial score (nSPS) is 12.8. The third kappa shape index (κ3) is 4.80. The van der Waals surface area contributed by atoms with Crippen LogP contribution < -0.4 is 11.1 Å². The van der Waals surface area contributed by atoms with Crippen molar-refractivity contribution in [3.05, 3.63) is 64.7 Å². The fraction of sp³-hybridized carbons (Fsp3) is 0.263. The van der Waals surface area contributed by atoms with Gasteiger partial charge in [-0.2, -0.15) is 18.3 Å². The van der Waals surface area contributed by atoms with Gasteiger partial charge in [-0.05, 0) is 35.7 Å². The molecule has 29 heavy (non-hydrogen) atoms. The van der Waals surface area contributed by atoms with E-state index < -0.39 is 23.7 Å². The van der Waals surface area contributed by atoms with E-state index in [1.54, 1.807) is 30.1 Å². The van der Waals surface area contributed by atoms with Gasteiger partial charge in [0.2, 0.25) is 5.22 Å². The number of hydrogen-bond donors (Lipinski definition) is 2. The second-order valence-corrected chi connectivity index (χ2v) is 6.79. The number of benzene rings is 1. The first kappa shape index (κ1) is 20.9. The first-order valence-corrected chi connectivity index (χ1v) is 9.01. The number of carbonyl (C=O) groups is 1. The van der Waals surface area contributed by atoms with Gasteiger partial charge in [0.05, 0.1) is 16.8 Å². The third-order valence-electron chi connectivity index (χ3n) is 4.36. The summed E-state index contributed by atoms with van der Waals surface area (Å²) >= 11 is 6.09. The van der Waals surface area contributed by atoms with Gasteiger partial charge in [-0.25, -0.2) is 0 Å². The summed E-state index contributed by atoms with van der Waals surface area (Å²) in [5.74, 6) is -0.601. The summed E-state index contributed by atoms with van der Waals surface area (Å²) < 4.78 is 45.6. The molecule has 2 heterocycles. The zero-order chi connectivity index (χ0) is 21.2. The van der Waals surface area contributed by atoms with E-state index in [1.807, 2.05) is 0 Å². The van der Waals surface area contributed by atoms with Gasteiger partial charge in [0.25, 0.3) is 5.91 Å². The largest absolute Gasteiger partial charge is 0.439 e. The van der Waals surface area contributed by atoms with Crippen molar-refractivity contribution in [3.63, 3.8) is 0 Å². The van der Waals surface area contributed by atoms with E-state index in [-0.39, 0.29) is 23.9 Å². The molecule has 0 saturated heterocycles. The topological polar surface area (TPSA) is 86.1 Å². The average Bonchev–Trinajstić information content (AvgIpc) is 3.25. The molecule has 6 nitrogen and oxygen atoms in total. The van der Waals surface area contributed by atoms with Crippen molar-refractivity contribution in [1.82, 2.24) is 15.1 Å². The molecule has 3 rings (SSSR count). The van der Waals surface area contributed by atoms with E-state index in [4.69, 9.17) is 21.8 Å². The van der Waals surface area contributed by atoms with Gasteiger partial charge in [-0.1, -0.05) is 18.2 Å². The lowest BCUT2D eigenvalue weighted by atomic mass is 10.0. The number of nitrogens with two attached hydrogens (primary N) is 1. The highest BCUT2D eigenvalue weighted by atomic mass is 35.5. The van der Waals surface area contributed by atoms with Crippen LogP contribution in [0.2, 0.25) is 5.22 Å². The number of nitrogens with one attached hydrogen (secondary N) is 1. The minimum absolute atomic E-state index is 0.0286. The average molecular weight is 427 g/mol. The molecule has 1 amide bonds. The maximum absolute atomic E-state index is 12.9. The van der Waals surface area contributed by atoms with Crippen molar-refractivity contribution >= 4 is 17.5 Å². The second-order valence-electron chi connectivity index (χ2n) is 6.45. The van der Waals surface area contributed by atoms with Crippen LogP contribution in [0.1, 0.15) is 21.7 Å². The third-order valence-corrected chi connectivity index (χ3v) is 4.64. The highest BCUT2D eigenvalue weighted by Crippen LogP contribution is 2.31. The van der Waals surface area contributed by atoms with Gasteiger partial charge in [0.15, 0.2) is 5.76 Å². The van der Waals surface area contributed by atoms with Crippen molar-refractivity contribution in [3.8, 4) is 11.3 Å². The van der Waals surface area contributed by atoms with Crippen LogP contribution in [0.15, 0.2) is 47.0 Å². The molecule has 154 valence electrons. The molecule has 0 unspecified atom stereocenters. The van der Waals surface area contributed by atoms with Gasteiger partial charge >= 0.3 is 6.18 Å². The Bertz CT molecular complexity index is 1010. The highest BCUT2D eigenvalue weighted by Gasteiger charge is 2.30. The highest BCUT2D eigenvalue weighted by molar-refractivity contribution is 6.31.